The molecule has 0 saturated carbocycles. The van der Waals surface area contributed by atoms with E-state index in [1.165, 1.54) is 11.0 Å². The van der Waals surface area contributed by atoms with Crippen LogP contribution in [0.2, 0.25) is 0 Å². The van der Waals surface area contributed by atoms with Crippen LogP contribution in [0.15, 0.2) is 24.3 Å². The van der Waals surface area contributed by atoms with Crippen LogP contribution in [0.3, 0.4) is 0 Å². The van der Waals surface area contributed by atoms with Gasteiger partial charge in [0, 0.05) is 12.6 Å². The number of hydrogen-bond acceptors (Lipinski definition) is 3. The fourth-order valence-electron chi connectivity index (χ4n) is 1.40. The first-order chi connectivity index (χ1) is 7.83. The summed E-state index contributed by atoms with van der Waals surface area (Å²) in [6.07, 6.45) is -0.411. The summed E-state index contributed by atoms with van der Waals surface area (Å²) in [4.78, 5) is 13.4. The number of carbonyl (C=O) groups excluding carboxylic acids is 1. The second-order valence-corrected chi connectivity index (χ2v) is 4.74. The Kier molecular flexibility index (Phi) is 3.99. The van der Waals surface area contributed by atoms with E-state index in [1.54, 1.807) is 18.2 Å². The van der Waals surface area contributed by atoms with Crippen molar-refractivity contribution in [2.24, 2.45) is 0 Å². The molecule has 0 bridgehead atoms. The first kappa shape index (κ1) is 13.4. The molecule has 0 aliphatic rings. The van der Waals surface area contributed by atoms with Gasteiger partial charge in [0.25, 0.3) is 0 Å². The highest BCUT2D eigenvalue weighted by atomic mass is 16.6. The van der Waals surface area contributed by atoms with Gasteiger partial charge in [-0.05, 0) is 39.8 Å². The van der Waals surface area contributed by atoms with Gasteiger partial charge in [0.05, 0.1) is 5.69 Å². The summed E-state index contributed by atoms with van der Waals surface area (Å²) in [5.74, 6) is 0.129. The third-order valence-electron chi connectivity index (χ3n) is 2.07. The fourth-order valence-corrected chi connectivity index (χ4v) is 1.40. The Morgan fingerprint density at radius 3 is 2.53 bits per heavy atom. The van der Waals surface area contributed by atoms with Crippen molar-refractivity contribution in [3.63, 3.8) is 0 Å². The highest BCUT2D eigenvalue weighted by molar-refractivity contribution is 5.88. The Balaban J connectivity index is 2.88. The van der Waals surface area contributed by atoms with E-state index < -0.39 is 11.7 Å². The molecule has 1 amide bonds. The van der Waals surface area contributed by atoms with Gasteiger partial charge >= 0.3 is 6.09 Å². The van der Waals surface area contributed by atoms with Gasteiger partial charge < -0.3 is 9.84 Å². The molecule has 4 heteroatoms. The van der Waals surface area contributed by atoms with Gasteiger partial charge in [0.2, 0.25) is 0 Å². The molecule has 1 rings (SSSR count). The van der Waals surface area contributed by atoms with Crippen LogP contribution in [0.4, 0.5) is 10.5 Å². The van der Waals surface area contributed by atoms with Crippen LogP contribution >= 0.6 is 0 Å². The van der Waals surface area contributed by atoms with E-state index in [4.69, 9.17) is 4.74 Å². The first-order valence-corrected chi connectivity index (χ1v) is 5.63. The van der Waals surface area contributed by atoms with Crippen LogP contribution < -0.4 is 4.90 Å². The van der Waals surface area contributed by atoms with Gasteiger partial charge in [-0.2, -0.15) is 0 Å². The Labute approximate surface area is 102 Å². The van der Waals surface area contributed by atoms with Gasteiger partial charge in [-0.25, -0.2) is 4.79 Å². The maximum atomic E-state index is 11.9. The van der Waals surface area contributed by atoms with Crippen molar-refractivity contribution in [2.75, 3.05) is 11.4 Å². The standard InChI is InChI=1S/C13H19NO3/c1-5-14(12(16)17-13(2,3)4)10-7-6-8-11(15)9-10/h6-9,15H,5H2,1-4H3. The van der Waals surface area contributed by atoms with E-state index in [2.05, 4.69) is 0 Å². The summed E-state index contributed by atoms with van der Waals surface area (Å²) in [7, 11) is 0. The third-order valence-corrected chi connectivity index (χ3v) is 2.07. The highest BCUT2D eigenvalue weighted by Gasteiger charge is 2.22. The Morgan fingerprint density at radius 2 is 2.06 bits per heavy atom. The monoisotopic (exact) mass is 237 g/mol. The van der Waals surface area contributed by atoms with E-state index in [1.807, 2.05) is 27.7 Å². The lowest BCUT2D eigenvalue weighted by Gasteiger charge is -2.26. The van der Waals surface area contributed by atoms with Gasteiger partial charge in [0.15, 0.2) is 0 Å². The molecule has 1 N–H and O–H groups in total. The number of phenolic OH excluding ortho intramolecular Hbond substituents is 1. The number of anilines is 1. The van der Waals surface area contributed by atoms with E-state index >= 15 is 0 Å². The van der Waals surface area contributed by atoms with Crippen molar-refractivity contribution in [1.82, 2.24) is 0 Å². The normalized spacial score (nSPS) is 11.1. The molecule has 17 heavy (non-hydrogen) atoms. The number of ether oxygens (including phenoxy) is 1. The number of phenols is 1. The van der Waals surface area contributed by atoms with Crippen molar-refractivity contribution in [3.8, 4) is 5.75 Å². The highest BCUT2D eigenvalue weighted by Crippen LogP contribution is 2.22. The molecule has 0 atom stereocenters. The lowest BCUT2D eigenvalue weighted by Crippen LogP contribution is -2.36. The molecule has 0 unspecified atom stereocenters. The quantitative estimate of drug-likeness (QED) is 0.859. The summed E-state index contributed by atoms with van der Waals surface area (Å²) in [6, 6.07) is 6.55. The fraction of sp³-hybridized carbons (Fsp3) is 0.462. The van der Waals surface area contributed by atoms with Gasteiger partial charge in [-0.1, -0.05) is 6.07 Å². The minimum Gasteiger partial charge on any atom is -0.508 e. The summed E-state index contributed by atoms with van der Waals surface area (Å²) in [6.45, 7) is 7.80. The molecule has 0 aliphatic heterocycles. The minimum absolute atomic E-state index is 0.129. The van der Waals surface area contributed by atoms with Crippen molar-refractivity contribution >= 4 is 11.8 Å². The number of hydrogen-bond donors (Lipinski definition) is 1. The van der Waals surface area contributed by atoms with Crippen molar-refractivity contribution in [2.45, 2.75) is 33.3 Å². The zero-order valence-electron chi connectivity index (χ0n) is 10.7. The number of aromatic hydroxyl groups is 1. The Bertz CT molecular complexity index is 396. The molecule has 0 saturated heterocycles. The maximum Gasteiger partial charge on any atom is 0.414 e. The smallest absolute Gasteiger partial charge is 0.414 e. The summed E-state index contributed by atoms with van der Waals surface area (Å²) in [5, 5.41) is 9.39. The molecular weight excluding hydrogens is 218 g/mol. The Morgan fingerprint density at radius 1 is 1.41 bits per heavy atom. The SMILES string of the molecule is CCN(C(=O)OC(C)(C)C)c1cccc(O)c1. The van der Waals surface area contributed by atoms with Crippen LogP contribution in [0.25, 0.3) is 0 Å². The van der Waals surface area contributed by atoms with Crippen LogP contribution in [0.5, 0.6) is 5.75 Å². The largest absolute Gasteiger partial charge is 0.508 e. The first-order valence-electron chi connectivity index (χ1n) is 5.63. The Hall–Kier alpha value is -1.71. The number of carbonyl (C=O) groups is 1. The second-order valence-electron chi connectivity index (χ2n) is 4.74. The second kappa shape index (κ2) is 5.08. The zero-order chi connectivity index (χ0) is 13.1. The third kappa shape index (κ3) is 3.98. The van der Waals surface area contributed by atoms with Crippen LogP contribution in [0.1, 0.15) is 27.7 Å². The predicted molar refractivity (Wildman–Crippen MR) is 67.4 cm³/mol. The molecule has 0 radical (unpaired) electrons. The molecule has 4 nitrogen and oxygen atoms in total. The minimum atomic E-state index is -0.526. The molecule has 94 valence electrons. The number of benzene rings is 1. The lowest BCUT2D eigenvalue weighted by molar-refractivity contribution is 0.0582. The lowest BCUT2D eigenvalue weighted by atomic mass is 10.2. The number of nitrogens with zero attached hydrogens (tertiary/aromatic N) is 1. The van der Waals surface area contributed by atoms with E-state index in [-0.39, 0.29) is 5.75 Å². The summed E-state index contributed by atoms with van der Waals surface area (Å²) in [5.41, 5.74) is 0.100. The van der Waals surface area contributed by atoms with E-state index in [0.29, 0.717) is 12.2 Å². The van der Waals surface area contributed by atoms with Gasteiger partial charge in [-0.15, -0.1) is 0 Å². The maximum absolute atomic E-state index is 11.9. The van der Waals surface area contributed by atoms with Crippen molar-refractivity contribution in [1.29, 1.82) is 0 Å². The zero-order valence-corrected chi connectivity index (χ0v) is 10.7. The van der Waals surface area contributed by atoms with Crippen LogP contribution in [0, 0.1) is 0 Å². The molecule has 0 spiro atoms. The molecule has 1 aromatic carbocycles. The van der Waals surface area contributed by atoms with Crippen molar-refractivity contribution in [3.05, 3.63) is 24.3 Å². The molecule has 0 aromatic heterocycles. The number of amides is 1. The predicted octanol–water partition coefficient (Wildman–Crippen LogP) is 3.15. The average molecular weight is 237 g/mol. The van der Waals surface area contributed by atoms with Crippen LogP contribution in [-0.2, 0) is 4.74 Å². The average Bonchev–Trinajstić information content (AvgIpc) is 2.15. The van der Waals surface area contributed by atoms with E-state index in [9.17, 15) is 9.90 Å². The topological polar surface area (TPSA) is 49.8 Å². The molecule has 0 fully saturated rings. The molecule has 1 aromatic rings. The van der Waals surface area contributed by atoms with Gasteiger partial charge in [0.1, 0.15) is 11.4 Å². The van der Waals surface area contributed by atoms with Gasteiger partial charge in [-0.3, -0.25) is 4.90 Å². The molecule has 0 heterocycles. The van der Waals surface area contributed by atoms with E-state index in [0.717, 1.165) is 0 Å². The summed E-state index contributed by atoms with van der Waals surface area (Å²) >= 11 is 0. The van der Waals surface area contributed by atoms with Crippen LogP contribution in [-0.4, -0.2) is 23.3 Å². The molecule has 0 aliphatic carbocycles. The molecular formula is C13H19NO3. The van der Waals surface area contributed by atoms with Crippen molar-refractivity contribution < 1.29 is 14.6 Å². The number of rotatable bonds is 2. The summed E-state index contributed by atoms with van der Waals surface area (Å²) < 4.78 is 5.29.